The Morgan fingerprint density at radius 1 is 1.36 bits per heavy atom. The average Bonchev–Trinajstić information content (AvgIpc) is 2.50. The molecule has 1 aromatic carbocycles. The Kier molecular flexibility index (Phi) is 6.05. The zero-order chi connectivity index (χ0) is 16.8. The van der Waals surface area contributed by atoms with Crippen molar-refractivity contribution in [2.45, 2.75) is 6.18 Å². The molecule has 0 radical (unpaired) electrons. The quantitative estimate of drug-likeness (QED) is 0.573. The number of benzene rings is 1. The minimum Gasteiger partial charge on any atom is -0.453 e. The average molecular weight is 317 g/mol. The molecule has 22 heavy (non-hydrogen) atoms. The van der Waals surface area contributed by atoms with Gasteiger partial charge in [-0.05, 0) is 12.1 Å². The number of amidine groups is 2. The number of amides is 1. The van der Waals surface area contributed by atoms with Crippen LogP contribution in [-0.2, 0) is 10.9 Å². The predicted octanol–water partition coefficient (Wildman–Crippen LogP) is 0.978. The van der Waals surface area contributed by atoms with Crippen LogP contribution in [0, 0.1) is 5.41 Å². The third-order valence-corrected chi connectivity index (χ3v) is 2.67. The summed E-state index contributed by atoms with van der Waals surface area (Å²) in [7, 11) is 2.88. The van der Waals surface area contributed by atoms with Crippen LogP contribution < -0.4 is 10.6 Å². The first-order valence-corrected chi connectivity index (χ1v) is 6.23. The molecule has 1 rings (SSSR count). The van der Waals surface area contributed by atoms with E-state index < -0.39 is 17.8 Å². The number of rotatable bonds is 3. The molecule has 9 heteroatoms. The van der Waals surface area contributed by atoms with Crippen molar-refractivity contribution in [1.82, 2.24) is 5.32 Å². The first kappa shape index (κ1) is 17.6. The summed E-state index contributed by atoms with van der Waals surface area (Å²) in [5.41, 5.74) is -0.548. The summed E-state index contributed by atoms with van der Waals surface area (Å²) in [6.07, 6.45) is -5.06. The maximum atomic E-state index is 12.5. The van der Waals surface area contributed by atoms with Gasteiger partial charge in [0.1, 0.15) is 6.54 Å². The van der Waals surface area contributed by atoms with Crippen LogP contribution in [0.15, 0.2) is 29.3 Å². The van der Waals surface area contributed by atoms with E-state index >= 15 is 0 Å². The number of nitrogens with one attached hydrogen (secondary N) is 2. The van der Waals surface area contributed by atoms with Gasteiger partial charge in [0.05, 0.1) is 19.7 Å². The lowest BCUT2D eigenvalue weighted by Gasteiger charge is -2.07. The Morgan fingerprint density at radius 2 is 1.95 bits per heavy atom. The van der Waals surface area contributed by atoms with Crippen LogP contribution >= 0.6 is 0 Å². The maximum Gasteiger partial charge on any atom is 0.416 e. The molecule has 0 spiro atoms. The number of hydrogen-bond donors (Lipinski definition) is 3. The molecule has 120 valence electrons. The zero-order valence-electron chi connectivity index (χ0n) is 12.0. The van der Waals surface area contributed by atoms with Gasteiger partial charge in [0.25, 0.3) is 0 Å². The summed E-state index contributed by atoms with van der Waals surface area (Å²) in [6, 6.07) is 4.13. The number of hydrogen-bond acceptors (Lipinski definition) is 3. The second-order valence-corrected chi connectivity index (χ2v) is 4.16. The van der Waals surface area contributed by atoms with Gasteiger partial charge in [-0.15, -0.1) is 0 Å². The van der Waals surface area contributed by atoms with Crippen LogP contribution in [0.2, 0.25) is 0 Å². The van der Waals surface area contributed by atoms with Gasteiger partial charge in [-0.1, -0.05) is 12.1 Å². The lowest BCUT2D eigenvalue weighted by molar-refractivity contribution is -0.507. The van der Waals surface area contributed by atoms with E-state index in [9.17, 15) is 18.0 Å². The van der Waals surface area contributed by atoms with E-state index in [1.54, 1.807) is 12.4 Å². The van der Waals surface area contributed by atoms with Gasteiger partial charge in [-0.25, -0.2) is 4.79 Å². The standard InChI is InChI=1S/C13H15F3N4O2/c1-18-10(7-19-12(21)22-2)20-11(17)8-3-5-9(6-4-8)13(14,15)16/h3-6H,7H2,1-2H3,(H,19,21)(H2,17,18,20)/p+1. The summed E-state index contributed by atoms with van der Waals surface area (Å²) in [5, 5.41) is 11.8. The number of alkyl halides is 3. The molecule has 0 bridgehead atoms. The Morgan fingerprint density at radius 3 is 2.41 bits per heavy atom. The SMILES string of the molecule is C[NH2+]C(CNC(=O)OC)=NC(=N)c1ccc(C(F)(F)F)cc1. The van der Waals surface area contributed by atoms with Crippen molar-refractivity contribution in [1.29, 1.82) is 5.41 Å². The number of alkyl carbamates (subject to hydrolysis) is 1. The second kappa shape index (κ2) is 7.55. The Labute approximate surface area is 124 Å². The Balaban J connectivity index is 2.81. The lowest BCUT2D eigenvalue weighted by atomic mass is 10.1. The molecule has 0 aliphatic carbocycles. The van der Waals surface area contributed by atoms with Gasteiger partial charge >= 0.3 is 12.3 Å². The fourth-order valence-electron chi connectivity index (χ4n) is 1.47. The fourth-order valence-corrected chi connectivity index (χ4v) is 1.47. The molecular weight excluding hydrogens is 301 g/mol. The summed E-state index contributed by atoms with van der Waals surface area (Å²) in [6.45, 7) is 0.0478. The number of aliphatic imine (C=N–C) groups is 1. The van der Waals surface area contributed by atoms with Crippen molar-refractivity contribution in [3.05, 3.63) is 35.4 Å². The highest BCUT2D eigenvalue weighted by molar-refractivity contribution is 6.03. The topological polar surface area (TPSA) is 91.2 Å². The molecule has 0 saturated carbocycles. The molecular formula is C13H16F3N4O2+. The Bertz CT molecular complexity index is 568. The van der Waals surface area contributed by atoms with Crippen LogP contribution in [0.4, 0.5) is 18.0 Å². The number of likely N-dealkylation sites (N-methyl/N-ethyl adjacent to an activating group) is 1. The largest absolute Gasteiger partial charge is 0.453 e. The molecule has 1 aromatic rings. The van der Waals surface area contributed by atoms with Crippen LogP contribution in [0.3, 0.4) is 0 Å². The highest BCUT2D eigenvalue weighted by atomic mass is 19.4. The maximum absolute atomic E-state index is 12.5. The van der Waals surface area contributed by atoms with E-state index in [4.69, 9.17) is 5.41 Å². The summed E-state index contributed by atoms with van der Waals surface area (Å²) < 4.78 is 41.8. The molecule has 0 aromatic heterocycles. The van der Waals surface area contributed by atoms with E-state index in [0.29, 0.717) is 5.84 Å². The highest BCUT2D eigenvalue weighted by Gasteiger charge is 2.30. The van der Waals surface area contributed by atoms with Crippen molar-refractivity contribution in [3.8, 4) is 0 Å². The number of nitrogens with zero attached hydrogens (tertiary/aromatic N) is 1. The summed E-state index contributed by atoms with van der Waals surface area (Å²) in [5.74, 6) is 0.184. The Hall–Kier alpha value is -2.42. The molecule has 0 aliphatic rings. The van der Waals surface area contributed by atoms with Crippen molar-refractivity contribution in [3.63, 3.8) is 0 Å². The van der Waals surface area contributed by atoms with Crippen molar-refractivity contribution < 1.29 is 28.0 Å². The zero-order valence-corrected chi connectivity index (χ0v) is 12.0. The number of carbonyl (C=O) groups excluding carboxylic acids is 1. The van der Waals surface area contributed by atoms with Gasteiger partial charge in [0.2, 0.25) is 5.84 Å². The molecule has 1 amide bonds. The van der Waals surface area contributed by atoms with Gasteiger partial charge in [0.15, 0.2) is 5.84 Å². The van der Waals surface area contributed by atoms with Crippen LogP contribution in [0.25, 0.3) is 0 Å². The third-order valence-electron chi connectivity index (χ3n) is 2.67. The fraction of sp³-hybridized carbons (Fsp3) is 0.308. The number of halogens is 3. The normalized spacial score (nSPS) is 12.0. The number of methoxy groups -OCH3 is 1. The molecule has 0 heterocycles. The van der Waals surface area contributed by atoms with E-state index in [1.807, 2.05) is 0 Å². The van der Waals surface area contributed by atoms with Gasteiger partial charge < -0.3 is 15.4 Å². The number of quaternary nitrogens is 1. The molecule has 0 saturated heterocycles. The molecule has 0 fully saturated rings. The number of carbonyl (C=O) groups is 1. The van der Waals surface area contributed by atoms with Crippen molar-refractivity contribution in [2.24, 2.45) is 4.99 Å². The lowest BCUT2D eigenvalue weighted by Crippen LogP contribution is -2.86. The van der Waals surface area contributed by atoms with Gasteiger partial charge in [-0.3, -0.25) is 5.41 Å². The van der Waals surface area contributed by atoms with Crippen molar-refractivity contribution in [2.75, 3.05) is 20.7 Å². The number of ether oxygens (including phenoxy) is 1. The molecule has 6 nitrogen and oxygen atoms in total. The van der Waals surface area contributed by atoms with Crippen LogP contribution in [0.1, 0.15) is 11.1 Å². The summed E-state index contributed by atoms with van der Waals surface area (Å²) >= 11 is 0. The first-order chi connectivity index (χ1) is 10.3. The van der Waals surface area contributed by atoms with Crippen molar-refractivity contribution >= 4 is 17.8 Å². The molecule has 0 unspecified atom stereocenters. The predicted molar refractivity (Wildman–Crippen MR) is 74.0 cm³/mol. The van der Waals surface area contributed by atoms with Crippen LogP contribution in [-0.4, -0.2) is 38.5 Å². The second-order valence-electron chi connectivity index (χ2n) is 4.16. The van der Waals surface area contributed by atoms with Crippen LogP contribution in [0.5, 0.6) is 0 Å². The van der Waals surface area contributed by atoms with E-state index in [1.165, 1.54) is 19.2 Å². The van der Waals surface area contributed by atoms with E-state index in [2.05, 4.69) is 15.0 Å². The minimum atomic E-state index is -4.42. The summed E-state index contributed by atoms with van der Waals surface area (Å²) in [4.78, 5) is 14.9. The van der Waals surface area contributed by atoms with Gasteiger partial charge in [0, 0.05) is 5.56 Å². The monoisotopic (exact) mass is 317 g/mol. The number of nitrogens with two attached hydrogens (primary N) is 1. The molecule has 0 atom stereocenters. The molecule has 0 aliphatic heterocycles. The smallest absolute Gasteiger partial charge is 0.416 e. The van der Waals surface area contributed by atoms with Gasteiger partial charge in [-0.2, -0.15) is 18.2 Å². The van der Waals surface area contributed by atoms with E-state index in [-0.39, 0.29) is 17.9 Å². The van der Waals surface area contributed by atoms with E-state index in [0.717, 1.165) is 12.1 Å². The third kappa shape index (κ3) is 5.17. The molecule has 4 N–H and O–H groups in total. The first-order valence-electron chi connectivity index (χ1n) is 6.23. The minimum absolute atomic E-state index is 0.0478. The highest BCUT2D eigenvalue weighted by Crippen LogP contribution is 2.29.